The summed E-state index contributed by atoms with van der Waals surface area (Å²) in [6.45, 7) is 6.19. The van der Waals surface area contributed by atoms with Crippen LogP contribution in [0.3, 0.4) is 0 Å². The van der Waals surface area contributed by atoms with Crippen molar-refractivity contribution in [1.29, 1.82) is 0 Å². The van der Waals surface area contributed by atoms with E-state index in [9.17, 15) is 8.42 Å². The van der Waals surface area contributed by atoms with Crippen molar-refractivity contribution >= 4 is 21.6 Å². The van der Waals surface area contributed by atoms with Crippen LogP contribution in [0.15, 0.2) is 54.6 Å². The molecule has 2 atom stereocenters. The molecule has 0 spiro atoms. The van der Waals surface area contributed by atoms with Crippen LogP contribution in [0.5, 0.6) is 0 Å². The predicted molar refractivity (Wildman–Crippen MR) is 111 cm³/mol. The lowest BCUT2D eigenvalue weighted by Crippen LogP contribution is -2.58. The Morgan fingerprint density at radius 1 is 0.963 bits per heavy atom. The van der Waals surface area contributed by atoms with E-state index < -0.39 is 10.0 Å². The Morgan fingerprint density at radius 2 is 1.56 bits per heavy atom. The minimum atomic E-state index is -3.39. The summed E-state index contributed by atoms with van der Waals surface area (Å²) >= 11 is 6.16. The van der Waals surface area contributed by atoms with E-state index in [1.54, 1.807) is 16.4 Å². The highest BCUT2D eigenvalue weighted by Gasteiger charge is 2.35. The van der Waals surface area contributed by atoms with Crippen LogP contribution in [0, 0.1) is 0 Å². The number of benzene rings is 2. The van der Waals surface area contributed by atoms with Crippen LogP contribution >= 0.6 is 11.6 Å². The Hall–Kier alpha value is -1.40. The van der Waals surface area contributed by atoms with Crippen LogP contribution < -0.4 is 0 Å². The summed E-state index contributed by atoms with van der Waals surface area (Å²) in [5, 5.41) is 0.503. The second-order valence-corrected chi connectivity index (χ2v) is 9.71. The van der Waals surface area contributed by atoms with Crippen LogP contribution in [0.2, 0.25) is 5.02 Å². The van der Waals surface area contributed by atoms with Gasteiger partial charge in [-0.05, 0) is 37.5 Å². The standard InChI is InChI=1S/C21H27ClN2O2S/c1-17-14-23(27(25,26)16-20-10-6-7-11-21(20)22)15-18(2)24(17)13-12-19-8-4-3-5-9-19/h3-11,17-18H,12-16H2,1-2H3. The van der Waals surface area contributed by atoms with E-state index in [1.165, 1.54) is 5.56 Å². The molecule has 146 valence electrons. The maximum absolute atomic E-state index is 12.9. The Labute approximate surface area is 167 Å². The van der Waals surface area contributed by atoms with Gasteiger partial charge in [-0.3, -0.25) is 4.90 Å². The van der Waals surface area contributed by atoms with Gasteiger partial charge in [0.05, 0.1) is 5.75 Å². The van der Waals surface area contributed by atoms with Crippen LogP contribution in [0.25, 0.3) is 0 Å². The van der Waals surface area contributed by atoms with Crippen LogP contribution in [-0.4, -0.2) is 49.3 Å². The molecule has 0 aliphatic carbocycles. The Morgan fingerprint density at radius 3 is 2.19 bits per heavy atom. The van der Waals surface area contributed by atoms with Crippen molar-refractivity contribution in [3.05, 3.63) is 70.7 Å². The highest BCUT2D eigenvalue weighted by molar-refractivity contribution is 7.88. The molecule has 3 rings (SSSR count). The monoisotopic (exact) mass is 406 g/mol. The van der Waals surface area contributed by atoms with Crippen molar-refractivity contribution in [3.8, 4) is 0 Å². The quantitative estimate of drug-likeness (QED) is 0.732. The van der Waals surface area contributed by atoms with Gasteiger partial charge in [0.15, 0.2) is 0 Å². The SMILES string of the molecule is CC1CN(S(=O)(=O)Cc2ccccc2Cl)CC(C)N1CCc1ccccc1. The van der Waals surface area contributed by atoms with Crippen LogP contribution in [0.1, 0.15) is 25.0 Å². The molecule has 1 saturated heterocycles. The van der Waals surface area contributed by atoms with Gasteiger partial charge in [-0.25, -0.2) is 8.42 Å². The summed E-state index contributed by atoms with van der Waals surface area (Å²) in [7, 11) is -3.39. The number of nitrogens with zero attached hydrogens (tertiary/aromatic N) is 2. The molecule has 2 aromatic rings. The third-order valence-corrected chi connectivity index (χ3v) is 7.39. The molecule has 4 nitrogen and oxygen atoms in total. The fraction of sp³-hybridized carbons (Fsp3) is 0.429. The summed E-state index contributed by atoms with van der Waals surface area (Å²) in [6.07, 6.45) is 0.974. The van der Waals surface area contributed by atoms with E-state index in [0.29, 0.717) is 23.7 Å². The molecule has 0 aromatic heterocycles. The van der Waals surface area contributed by atoms with Gasteiger partial charge >= 0.3 is 0 Å². The van der Waals surface area contributed by atoms with Crippen molar-refractivity contribution < 1.29 is 8.42 Å². The molecule has 1 heterocycles. The molecule has 2 aromatic carbocycles. The lowest BCUT2D eigenvalue weighted by atomic mass is 10.1. The predicted octanol–water partition coefficient (Wildman–Crippen LogP) is 3.81. The lowest BCUT2D eigenvalue weighted by molar-refractivity contribution is 0.0783. The van der Waals surface area contributed by atoms with Crippen molar-refractivity contribution in [2.45, 2.75) is 38.1 Å². The Bertz CT molecular complexity index is 845. The van der Waals surface area contributed by atoms with E-state index in [-0.39, 0.29) is 17.8 Å². The molecule has 2 unspecified atom stereocenters. The van der Waals surface area contributed by atoms with Crippen molar-refractivity contribution in [3.63, 3.8) is 0 Å². The number of sulfonamides is 1. The minimum Gasteiger partial charge on any atom is -0.295 e. The zero-order chi connectivity index (χ0) is 19.4. The molecule has 0 N–H and O–H groups in total. The van der Waals surface area contributed by atoms with Gasteiger partial charge < -0.3 is 0 Å². The van der Waals surface area contributed by atoms with Crippen molar-refractivity contribution in [2.75, 3.05) is 19.6 Å². The second kappa shape index (κ2) is 8.74. The van der Waals surface area contributed by atoms with Gasteiger partial charge in [-0.1, -0.05) is 60.1 Å². The maximum Gasteiger partial charge on any atom is 0.218 e. The zero-order valence-corrected chi connectivity index (χ0v) is 17.5. The largest absolute Gasteiger partial charge is 0.295 e. The highest BCUT2D eigenvalue weighted by Crippen LogP contribution is 2.24. The Balaban J connectivity index is 1.64. The number of hydrogen-bond acceptors (Lipinski definition) is 3. The molecule has 0 saturated carbocycles. The van der Waals surface area contributed by atoms with E-state index in [1.807, 2.05) is 18.2 Å². The third kappa shape index (κ3) is 5.11. The molecule has 6 heteroatoms. The molecule has 1 fully saturated rings. The van der Waals surface area contributed by atoms with E-state index in [4.69, 9.17) is 11.6 Å². The van der Waals surface area contributed by atoms with Gasteiger partial charge in [-0.2, -0.15) is 4.31 Å². The van der Waals surface area contributed by atoms with E-state index in [2.05, 4.69) is 43.0 Å². The number of piperazine rings is 1. The molecule has 27 heavy (non-hydrogen) atoms. The molecule has 0 radical (unpaired) electrons. The van der Waals surface area contributed by atoms with Crippen molar-refractivity contribution in [2.24, 2.45) is 0 Å². The smallest absolute Gasteiger partial charge is 0.218 e. The average molecular weight is 407 g/mol. The molecular formula is C21H27ClN2O2S. The van der Waals surface area contributed by atoms with Crippen LogP contribution in [0.4, 0.5) is 0 Å². The lowest BCUT2D eigenvalue weighted by Gasteiger charge is -2.44. The van der Waals surface area contributed by atoms with Gasteiger partial charge in [-0.15, -0.1) is 0 Å². The van der Waals surface area contributed by atoms with E-state index >= 15 is 0 Å². The van der Waals surface area contributed by atoms with Crippen molar-refractivity contribution in [1.82, 2.24) is 9.21 Å². The summed E-state index contributed by atoms with van der Waals surface area (Å²) < 4.78 is 27.5. The molecule has 0 bridgehead atoms. The van der Waals surface area contributed by atoms with E-state index in [0.717, 1.165) is 13.0 Å². The fourth-order valence-corrected chi connectivity index (χ4v) is 5.78. The molecule has 1 aliphatic rings. The topological polar surface area (TPSA) is 40.6 Å². The molecule has 1 aliphatic heterocycles. The molecular weight excluding hydrogens is 380 g/mol. The Kier molecular flexibility index (Phi) is 6.58. The minimum absolute atomic E-state index is 0.0455. The zero-order valence-electron chi connectivity index (χ0n) is 15.9. The van der Waals surface area contributed by atoms with Gasteiger partial charge in [0.1, 0.15) is 0 Å². The fourth-order valence-electron chi connectivity index (χ4n) is 3.78. The first-order valence-electron chi connectivity index (χ1n) is 9.37. The number of halogens is 1. The van der Waals surface area contributed by atoms with Gasteiger partial charge in [0.2, 0.25) is 10.0 Å². The first kappa shape index (κ1) is 20.3. The summed E-state index contributed by atoms with van der Waals surface area (Å²) in [5.41, 5.74) is 1.97. The summed E-state index contributed by atoms with van der Waals surface area (Å²) in [5.74, 6) is -0.0455. The van der Waals surface area contributed by atoms with Gasteiger partial charge in [0.25, 0.3) is 0 Å². The van der Waals surface area contributed by atoms with Crippen LogP contribution in [-0.2, 0) is 22.2 Å². The third-order valence-electron chi connectivity index (χ3n) is 5.26. The first-order valence-corrected chi connectivity index (χ1v) is 11.4. The summed E-state index contributed by atoms with van der Waals surface area (Å²) in [6, 6.07) is 17.9. The maximum atomic E-state index is 12.9. The van der Waals surface area contributed by atoms with Gasteiger partial charge in [0, 0.05) is 36.7 Å². The number of rotatable bonds is 6. The average Bonchev–Trinajstić information content (AvgIpc) is 2.63. The number of hydrogen-bond donors (Lipinski definition) is 0. The first-order chi connectivity index (χ1) is 12.9. The second-order valence-electron chi connectivity index (χ2n) is 7.34. The highest BCUT2D eigenvalue weighted by atomic mass is 35.5. The normalized spacial score (nSPS) is 22.0. The molecule has 0 amide bonds. The summed E-state index contributed by atoms with van der Waals surface area (Å²) in [4.78, 5) is 2.41.